The number of rotatable bonds is 16. The smallest absolute Gasteiger partial charge is 0.306 e. The van der Waals surface area contributed by atoms with Gasteiger partial charge < -0.3 is 29.7 Å². The molecule has 2 bridgehead atoms. The molecule has 0 aliphatic carbocycles. The van der Waals surface area contributed by atoms with Gasteiger partial charge in [-0.2, -0.15) is 0 Å². The van der Waals surface area contributed by atoms with Gasteiger partial charge >= 0.3 is 5.97 Å². The number of likely N-dealkylation sites (tertiary alicyclic amines) is 1. The molecule has 13 nitrogen and oxygen atoms in total. The third kappa shape index (κ3) is 6.72. The van der Waals surface area contributed by atoms with Gasteiger partial charge in [0.25, 0.3) is 0 Å². The van der Waals surface area contributed by atoms with Gasteiger partial charge in [-0.05, 0) is 37.0 Å². The van der Waals surface area contributed by atoms with Crippen LogP contribution in [-0.4, -0.2) is 102 Å². The number of esters is 1. The number of alkyl halides is 1. The number of hydrogen-bond acceptors (Lipinski definition) is 9. The lowest BCUT2D eigenvalue weighted by atomic mass is 9.70. The summed E-state index contributed by atoms with van der Waals surface area (Å²) in [6.07, 6.45) is 3.80. The normalized spacial score (nSPS) is 26.1. The van der Waals surface area contributed by atoms with Crippen molar-refractivity contribution in [3.8, 4) is 0 Å². The Morgan fingerprint density at radius 1 is 1.18 bits per heavy atom. The highest BCUT2D eigenvalue weighted by atomic mass is 79.9. The third-order valence-corrected chi connectivity index (χ3v) is 11.1. The van der Waals surface area contributed by atoms with Crippen molar-refractivity contribution in [2.24, 2.45) is 11.8 Å². The van der Waals surface area contributed by atoms with Gasteiger partial charge in [-0.15, -0.1) is 18.3 Å². The molecule has 51 heavy (non-hydrogen) atoms. The Morgan fingerprint density at radius 3 is 2.63 bits per heavy atom. The molecule has 3 fully saturated rings. The molecule has 0 saturated carbocycles. The van der Waals surface area contributed by atoms with E-state index in [2.05, 4.69) is 44.7 Å². The summed E-state index contributed by atoms with van der Waals surface area (Å²) >= 11 is 3.73. The minimum Gasteiger partial charge on any atom is -0.463 e. The zero-order valence-corrected chi connectivity index (χ0v) is 30.1. The van der Waals surface area contributed by atoms with E-state index in [1.54, 1.807) is 21.7 Å². The topological polar surface area (TPSA) is 156 Å². The second-order valence-electron chi connectivity index (χ2n) is 13.2. The monoisotopic (exact) mass is 762 g/mol. The quantitative estimate of drug-likeness (QED) is 0.127. The third-order valence-electron chi connectivity index (χ3n) is 10.2. The minimum absolute atomic E-state index is 0.0237. The van der Waals surface area contributed by atoms with E-state index in [4.69, 9.17) is 9.47 Å². The van der Waals surface area contributed by atoms with Crippen LogP contribution >= 0.6 is 15.9 Å². The molecule has 3 aliphatic rings. The molecule has 1 aromatic heterocycles. The standard InChI is InChI=1S/C37H43BrN6O7/c1-4-7-17-29(46)50-21-27(23-13-9-8-10-14-23)39-34(47)30-31-35(48)44(24(6-3)20-45)33(37(31)19-25(38)32(30)51-37)36(49)42(18-5-2)22-43-28-16-12-11-15-26(28)40-41-43/h4-5,8-16,24-25,27,30-33,45H,1-2,6-7,17-22H2,3H3,(H,39,47)/t24-,25?,27-,30-,31+,32-,33-,37+/m0/s1. The van der Waals surface area contributed by atoms with Crippen molar-refractivity contribution < 1.29 is 33.8 Å². The molecular weight excluding hydrogens is 720 g/mol. The molecule has 3 amide bonds. The number of aromatic nitrogens is 3. The number of benzene rings is 2. The Morgan fingerprint density at radius 2 is 1.92 bits per heavy atom. The number of nitrogens with zero attached hydrogens (tertiary/aromatic N) is 5. The number of carbonyl (C=O) groups excluding carboxylic acids is 4. The first-order valence-corrected chi connectivity index (χ1v) is 18.1. The first-order valence-electron chi connectivity index (χ1n) is 17.2. The van der Waals surface area contributed by atoms with Crippen molar-refractivity contribution in [3.05, 3.63) is 85.5 Å². The highest BCUT2D eigenvalue weighted by molar-refractivity contribution is 9.09. The number of aliphatic hydroxyl groups is 1. The highest BCUT2D eigenvalue weighted by Crippen LogP contribution is 2.60. The van der Waals surface area contributed by atoms with Crippen LogP contribution in [0, 0.1) is 11.8 Å². The lowest BCUT2D eigenvalue weighted by Crippen LogP contribution is -2.59. The molecule has 3 aliphatic heterocycles. The van der Waals surface area contributed by atoms with Crippen LogP contribution < -0.4 is 5.32 Å². The zero-order valence-electron chi connectivity index (χ0n) is 28.5. The molecule has 4 heterocycles. The summed E-state index contributed by atoms with van der Waals surface area (Å²) in [7, 11) is 0. The van der Waals surface area contributed by atoms with Gasteiger partial charge in [-0.1, -0.05) is 82.7 Å². The van der Waals surface area contributed by atoms with Crippen LogP contribution in [0.25, 0.3) is 11.0 Å². The first-order chi connectivity index (χ1) is 24.7. The summed E-state index contributed by atoms with van der Waals surface area (Å²) in [5, 5.41) is 22.0. The summed E-state index contributed by atoms with van der Waals surface area (Å²) in [5.74, 6) is -3.69. The number of carbonyl (C=O) groups is 4. The van der Waals surface area contributed by atoms with Crippen molar-refractivity contribution in [1.82, 2.24) is 30.1 Å². The number of nitrogens with one attached hydrogen (secondary N) is 1. The van der Waals surface area contributed by atoms with E-state index in [1.165, 1.54) is 4.90 Å². The Labute approximate surface area is 304 Å². The van der Waals surface area contributed by atoms with Gasteiger partial charge in [0.2, 0.25) is 17.7 Å². The van der Waals surface area contributed by atoms with E-state index < -0.39 is 65.4 Å². The maximum Gasteiger partial charge on any atom is 0.306 e. The second-order valence-corrected chi connectivity index (χ2v) is 14.4. The number of aliphatic hydroxyl groups excluding tert-OH is 1. The summed E-state index contributed by atoms with van der Waals surface area (Å²) in [6, 6.07) is 14.0. The fraction of sp³-hybridized carbons (Fsp3) is 0.459. The van der Waals surface area contributed by atoms with Crippen molar-refractivity contribution in [3.63, 3.8) is 0 Å². The number of ether oxygens (including phenoxy) is 2. The molecule has 6 rings (SSSR count). The lowest BCUT2D eigenvalue weighted by molar-refractivity contribution is -0.152. The average molecular weight is 764 g/mol. The Kier molecular flexibility index (Phi) is 11.0. The van der Waals surface area contributed by atoms with Crippen molar-refractivity contribution in [2.45, 2.75) is 73.9 Å². The average Bonchev–Trinajstić information content (AvgIpc) is 3.87. The van der Waals surface area contributed by atoms with E-state index in [0.29, 0.717) is 24.8 Å². The predicted molar refractivity (Wildman–Crippen MR) is 191 cm³/mol. The largest absolute Gasteiger partial charge is 0.463 e. The van der Waals surface area contributed by atoms with Crippen molar-refractivity contribution in [1.29, 1.82) is 0 Å². The van der Waals surface area contributed by atoms with Crippen molar-refractivity contribution >= 4 is 50.7 Å². The molecular formula is C37H43BrN6O7. The SMILES string of the molecule is C=CCCC(=O)OC[C@H](NC(=O)[C@@H]1[C@H]2O[C@@]3(CC2Br)[C@H](C(=O)N(CC=C)Cn2nnc4ccccc42)N([C@@H](CC)CO)C(=O)[C@@H]13)c1ccccc1. The molecule has 3 aromatic rings. The van der Waals surface area contributed by atoms with Crippen LogP contribution in [0.4, 0.5) is 0 Å². The van der Waals surface area contributed by atoms with Crippen molar-refractivity contribution in [2.75, 3.05) is 19.8 Å². The van der Waals surface area contributed by atoms with Crippen LogP contribution in [0.1, 0.15) is 44.2 Å². The maximum atomic E-state index is 14.9. The minimum atomic E-state index is -1.36. The van der Waals surface area contributed by atoms with Crippen LogP contribution in [0.5, 0.6) is 0 Å². The van der Waals surface area contributed by atoms with E-state index >= 15 is 0 Å². The Hall–Kier alpha value is -4.40. The van der Waals surface area contributed by atoms with Crippen LogP contribution in [0.15, 0.2) is 79.9 Å². The number of fused-ring (bicyclic) bond motifs is 2. The van der Waals surface area contributed by atoms with Crippen LogP contribution in [0.3, 0.4) is 0 Å². The lowest BCUT2D eigenvalue weighted by Gasteiger charge is -2.39. The molecule has 14 heteroatoms. The number of allylic oxidation sites excluding steroid dienone is 1. The van der Waals surface area contributed by atoms with Gasteiger partial charge in [0.1, 0.15) is 30.4 Å². The predicted octanol–water partition coefficient (Wildman–Crippen LogP) is 3.29. The highest BCUT2D eigenvalue weighted by Gasteiger charge is 2.77. The van der Waals surface area contributed by atoms with Crippen LogP contribution in [0.2, 0.25) is 0 Å². The molecule has 0 radical (unpaired) electrons. The van der Waals surface area contributed by atoms with E-state index in [1.807, 2.05) is 61.5 Å². The summed E-state index contributed by atoms with van der Waals surface area (Å²) < 4.78 is 13.9. The van der Waals surface area contributed by atoms with Gasteiger partial charge in [0.05, 0.1) is 42.1 Å². The molecule has 2 N–H and O–H groups in total. The summed E-state index contributed by atoms with van der Waals surface area (Å²) in [5.41, 5.74) is 0.753. The number of para-hydroxylation sites is 1. The first kappa shape index (κ1) is 36.4. The second kappa shape index (κ2) is 15.5. The van der Waals surface area contributed by atoms with E-state index in [-0.39, 0.29) is 37.7 Å². The van der Waals surface area contributed by atoms with E-state index in [9.17, 15) is 24.3 Å². The number of hydrogen-bond donors (Lipinski definition) is 2. The molecule has 1 spiro atoms. The Bertz CT molecular complexity index is 1780. The van der Waals surface area contributed by atoms with Gasteiger partial charge in [-0.3, -0.25) is 19.2 Å². The maximum absolute atomic E-state index is 14.9. The van der Waals surface area contributed by atoms with Crippen LogP contribution in [-0.2, 0) is 35.3 Å². The molecule has 270 valence electrons. The summed E-state index contributed by atoms with van der Waals surface area (Å²) in [6.45, 7) is 9.01. The fourth-order valence-electron chi connectivity index (χ4n) is 7.83. The molecule has 1 unspecified atom stereocenters. The van der Waals surface area contributed by atoms with Gasteiger partial charge in [-0.25, -0.2) is 4.68 Å². The molecule has 3 saturated heterocycles. The van der Waals surface area contributed by atoms with E-state index in [0.717, 1.165) is 11.1 Å². The van der Waals surface area contributed by atoms with Gasteiger partial charge in [0.15, 0.2) is 0 Å². The summed E-state index contributed by atoms with van der Waals surface area (Å²) in [4.78, 5) is 59.0. The number of halogens is 1. The van der Waals surface area contributed by atoms with Gasteiger partial charge in [0, 0.05) is 17.8 Å². The Balaban J connectivity index is 1.33. The molecule has 2 aromatic carbocycles. The molecule has 8 atom stereocenters. The zero-order chi connectivity index (χ0) is 36.3. The fourth-order valence-corrected chi connectivity index (χ4v) is 8.77. The number of amides is 3.